The van der Waals surface area contributed by atoms with Gasteiger partial charge >= 0.3 is 4.94 Å². The molecule has 9 heteroatoms. The largest absolute Gasteiger partial charge is 0.414 e. The van der Waals surface area contributed by atoms with Gasteiger partial charge in [-0.3, -0.25) is 4.79 Å². The number of sulfonamides is 1. The molecule has 0 aliphatic heterocycles. The maximum atomic E-state index is 13.3. The van der Waals surface area contributed by atoms with Crippen LogP contribution in [0.3, 0.4) is 0 Å². The first-order valence-electron chi connectivity index (χ1n) is 8.10. The fourth-order valence-electron chi connectivity index (χ4n) is 2.78. The number of aryl methyl sites for hydroxylation is 1. The Labute approximate surface area is 168 Å². The van der Waals surface area contributed by atoms with E-state index in [2.05, 4.69) is 0 Å². The highest BCUT2D eigenvalue weighted by Gasteiger charge is 2.33. The van der Waals surface area contributed by atoms with Gasteiger partial charge in [0.15, 0.2) is 0 Å². The Hall–Kier alpha value is -2.75. The number of carbonyl (C=O) groups excluding carboxylic acids is 1. The lowest BCUT2D eigenvalue weighted by atomic mass is 10.1. The maximum Gasteiger partial charge on any atom is 0.396 e. The first-order chi connectivity index (χ1) is 13.4. The molecule has 0 aliphatic rings. The standard InChI is InChI=1S/C19H13NO5S3/c1-12-5-2-3-6-14(12)18(21)20(28(23,24)17-7-4-10-26-17)13-8-9-15-16(11-13)27-19(22)25-15/h2-11H,1H3. The Morgan fingerprint density at radius 1 is 1.07 bits per heavy atom. The molecule has 1 amide bonds. The van der Waals surface area contributed by atoms with E-state index in [1.54, 1.807) is 42.6 Å². The highest BCUT2D eigenvalue weighted by molar-refractivity contribution is 7.95. The van der Waals surface area contributed by atoms with Crippen molar-refractivity contribution in [2.24, 2.45) is 0 Å². The summed E-state index contributed by atoms with van der Waals surface area (Å²) >= 11 is 1.88. The minimum Gasteiger partial charge on any atom is -0.414 e. The van der Waals surface area contributed by atoms with Crippen LogP contribution in [0.4, 0.5) is 5.69 Å². The number of nitrogens with zero attached hydrogens (tertiary/aromatic N) is 1. The fourth-order valence-corrected chi connectivity index (χ4v) is 5.94. The molecule has 0 radical (unpaired) electrons. The van der Waals surface area contributed by atoms with Crippen LogP contribution in [0.5, 0.6) is 0 Å². The van der Waals surface area contributed by atoms with E-state index in [1.807, 2.05) is 0 Å². The predicted octanol–water partition coefficient (Wildman–Crippen LogP) is 4.26. The number of carbonyl (C=O) groups is 1. The zero-order valence-corrected chi connectivity index (χ0v) is 16.9. The summed E-state index contributed by atoms with van der Waals surface area (Å²) in [7, 11) is -4.14. The third-order valence-electron chi connectivity index (χ3n) is 4.10. The Morgan fingerprint density at radius 2 is 1.86 bits per heavy atom. The number of thiophene rings is 1. The van der Waals surface area contributed by atoms with Crippen LogP contribution >= 0.6 is 22.7 Å². The third kappa shape index (κ3) is 3.17. The molecule has 4 rings (SSSR count). The van der Waals surface area contributed by atoms with Crippen LogP contribution in [0.15, 0.2) is 73.4 Å². The van der Waals surface area contributed by atoms with Crippen LogP contribution in [0.25, 0.3) is 10.3 Å². The second-order valence-electron chi connectivity index (χ2n) is 5.91. The van der Waals surface area contributed by atoms with E-state index in [-0.39, 0.29) is 15.5 Å². The molecule has 4 aromatic rings. The summed E-state index contributed by atoms with van der Waals surface area (Å²) in [6.45, 7) is 1.74. The Bertz CT molecular complexity index is 1330. The molecular formula is C19H13NO5S3. The molecule has 0 spiro atoms. The van der Waals surface area contributed by atoms with Crippen molar-refractivity contribution in [3.8, 4) is 0 Å². The summed E-state index contributed by atoms with van der Waals surface area (Å²) in [5, 5.41) is 1.63. The second kappa shape index (κ2) is 7.01. The lowest BCUT2D eigenvalue weighted by Gasteiger charge is -2.22. The van der Waals surface area contributed by atoms with Gasteiger partial charge in [0.2, 0.25) is 0 Å². The summed E-state index contributed by atoms with van der Waals surface area (Å²) in [6, 6.07) is 14.3. The van der Waals surface area contributed by atoms with Crippen molar-refractivity contribution in [3.05, 3.63) is 80.8 Å². The van der Waals surface area contributed by atoms with Crippen molar-refractivity contribution in [1.29, 1.82) is 0 Å². The molecule has 0 saturated carbocycles. The van der Waals surface area contributed by atoms with Crippen molar-refractivity contribution < 1.29 is 17.6 Å². The van der Waals surface area contributed by atoms with Gasteiger partial charge in [0.25, 0.3) is 15.9 Å². The molecule has 142 valence electrons. The van der Waals surface area contributed by atoms with Gasteiger partial charge in [0.1, 0.15) is 9.79 Å². The van der Waals surface area contributed by atoms with Crippen molar-refractivity contribution in [3.63, 3.8) is 0 Å². The molecule has 0 atom stereocenters. The van der Waals surface area contributed by atoms with Gasteiger partial charge in [-0.05, 0) is 48.2 Å². The summed E-state index contributed by atoms with van der Waals surface area (Å²) in [6.07, 6.45) is 0. The molecule has 0 aliphatic carbocycles. The number of hydrogen-bond acceptors (Lipinski definition) is 7. The minimum atomic E-state index is -4.14. The van der Waals surface area contributed by atoms with E-state index in [0.29, 0.717) is 15.8 Å². The zero-order chi connectivity index (χ0) is 19.9. The Morgan fingerprint density at radius 3 is 2.57 bits per heavy atom. The molecule has 0 fully saturated rings. The van der Waals surface area contributed by atoms with Gasteiger partial charge in [-0.15, -0.1) is 11.3 Å². The topological polar surface area (TPSA) is 84.7 Å². The van der Waals surface area contributed by atoms with Gasteiger partial charge in [-0.2, -0.15) is 12.7 Å². The molecule has 28 heavy (non-hydrogen) atoms. The molecule has 2 aromatic carbocycles. The third-order valence-corrected chi connectivity index (χ3v) is 7.97. The molecule has 0 N–H and O–H groups in total. The Kier molecular flexibility index (Phi) is 4.66. The monoisotopic (exact) mass is 431 g/mol. The number of fused-ring (bicyclic) bond motifs is 1. The normalized spacial score (nSPS) is 11.6. The number of amides is 1. The highest BCUT2D eigenvalue weighted by atomic mass is 32.2. The van der Waals surface area contributed by atoms with Crippen LogP contribution in [0, 0.1) is 6.92 Å². The van der Waals surface area contributed by atoms with E-state index >= 15 is 0 Å². The van der Waals surface area contributed by atoms with Crippen LogP contribution in [-0.2, 0) is 10.0 Å². The molecular weight excluding hydrogens is 418 g/mol. The molecule has 0 saturated heterocycles. The lowest BCUT2D eigenvalue weighted by molar-refractivity contribution is 0.100. The number of hydrogen-bond donors (Lipinski definition) is 0. The summed E-state index contributed by atoms with van der Waals surface area (Å²) in [5.41, 5.74) is 1.43. The second-order valence-corrected chi connectivity index (χ2v) is 9.85. The quantitative estimate of drug-likeness (QED) is 0.482. The van der Waals surface area contributed by atoms with Crippen molar-refractivity contribution in [2.45, 2.75) is 11.1 Å². The van der Waals surface area contributed by atoms with E-state index in [9.17, 15) is 18.0 Å². The Balaban J connectivity index is 1.94. The molecule has 6 nitrogen and oxygen atoms in total. The highest BCUT2D eigenvalue weighted by Crippen LogP contribution is 2.32. The fraction of sp³-hybridized carbons (Fsp3) is 0.0526. The predicted molar refractivity (Wildman–Crippen MR) is 110 cm³/mol. The van der Waals surface area contributed by atoms with E-state index in [4.69, 9.17) is 4.42 Å². The number of anilines is 1. The van der Waals surface area contributed by atoms with Crippen LogP contribution in [0.1, 0.15) is 15.9 Å². The van der Waals surface area contributed by atoms with Crippen LogP contribution < -0.4 is 9.24 Å². The zero-order valence-electron chi connectivity index (χ0n) is 14.5. The lowest BCUT2D eigenvalue weighted by Crippen LogP contribution is -2.37. The van der Waals surface area contributed by atoms with E-state index in [1.165, 1.54) is 24.3 Å². The van der Waals surface area contributed by atoms with Gasteiger partial charge in [0, 0.05) is 5.56 Å². The van der Waals surface area contributed by atoms with Crippen LogP contribution in [0.2, 0.25) is 0 Å². The van der Waals surface area contributed by atoms with E-state index in [0.717, 1.165) is 27.0 Å². The molecule has 2 aromatic heterocycles. The smallest absolute Gasteiger partial charge is 0.396 e. The summed E-state index contributed by atoms with van der Waals surface area (Å²) in [4.78, 5) is 24.3. The van der Waals surface area contributed by atoms with Gasteiger partial charge in [-0.25, -0.2) is 4.79 Å². The average Bonchev–Trinajstić information content (AvgIpc) is 3.30. The van der Waals surface area contributed by atoms with Crippen molar-refractivity contribution in [2.75, 3.05) is 4.31 Å². The first kappa shape index (κ1) is 18.6. The van der Waals surface area contributed by atoms with Crippen molar-refractivity contribution in [1.82, 2.24) is 0 Å². The van der Waals surface area contributed by atoms with Crippen molar-refractivity contribution >= 4 is 54.6 Å². The molecule has 0 bridgehead atoms. The van der Waals surface area contributed by atoms with Gasteiger partial charge < -0.3 is 4.42 Å². The molecule has 0 unspecified atom stereocenters. The van der Waals surface area contributed by atoms with Gasteiger partial charge in [-0.1, -0.05) is 35.6 Å². The van der Waals surface area contributed by atoms with E-state index < -0.39 is 20.9 Å². The van der Waals surface area contributed by atoms with Gasteiger partial charge in [0.05, 0.1) is 10.4 Å². The average molecular weight is 432 g/mol. The van der Waals surface area contributed by atoms with Crippen LogP contribution in [-0.4, -0.2) is 14.3 Å². The SMILES string of the molecule is Cc1ccccc1C(=O)N(c1ccc2oc(=O)sc2c1)S(=O)(=O)c1cccs1. The molecule has 2 heterocycles. The number of benzene rings is 2. The maximum absolute atomic E-state index is 13.3. The number of rotatable bonds is 4. The minimum absolute atomic E-state index is 0.0508. The first-order valence-corrected chi connectivity index (χ1v) is 11.2. The summed E-state index contributed by atoms with van der Waals surface area (Å²) < 4.78 is 32.9. The summed E-state index contributed by atoms with van der Waals surface area (Å²) in [5.74, 6) is -0.665.